The van der Waals surface area contributed by atoms with Crippen molar-refractivity contribution in [3.05, 3.63) is 18.0 Å². The Labute approximate surface area is 113 Å². The molecule has 19 heavy (non-hydrogen) atoms. The fourth-order valence-electron chi connectivity index (χ4n) is 2.15. The van der Waals surface area contributed by atoms with Crippen LogP contribution in [0.25, 0.3) is 0 Å². The van der Waals surface area contributed by atoms with Crippen molar-refractivity contribution in [1.82, 2.24) is 20.4 Å². The molecule has 0 saturated heterocycles. The van der Waals surface area contributed by atoms with Gasteiger partial charge in [-0.15, -0.1) is 0 Å². The van der Waals surface area contributed by atoms with E-state index in [2.05, 4.69) is 22.7 Å². The van der Waals surface area contributed by atoms with Crippen molar-refractivity contribution in [2.24, 2.45) is 13.0 Å². The van der Waals surface area contributed by atoms with Crippen molar-refractivity contribution >= 4 is 6.03 Å². The number of nitrogens with zero attached hydrogens (tertiary/aromatic N) is 2. The van der Waals surface area contributed by atoms with Crippen molar-refractivity contribution in [3.8, 4) is 0 Å². The maximum absolute atomic E-state index is 11.7. The number of carbonyl (C=O) groups is 1. The van der Waals surface area contributed by atoms with Gasteiger partial charge in [-0.1, -0.05) is 13.3 Å². The minimum absolute atomic E-state index is 0.161. The normalized spacial score (nSPS) is 24.6. The van der Waals surface area contributed by atoms with Gasteiger partial charge >= 0.3 is 6.03 Å². The van der Waals surface area contributed by atoms with Crippen molar-refractivity contribution < 1.29 is 9.90 Å². The zero-order valence-electron chi connectivity index (χ0n) is 11.7. The first kappa shape index (κ1) is 13.9. The molecule has 1 aromatic rings. The Balaban J connectivity index is 1.79. The Morgan fingerprint density at radius 3 is 2.95 bits per heavy atom. The molecule has 0 unspecified atom stereocenters. The third-order valence-corrected chi connectivity index (χ3v) is 3.68. The van der Waals surface area contributed by atoms with Gasteiger partial charge in [0.05, 0.1) is 12.7 Å². The molecule has 0 bridgehead atoms. The summed E-state index contributed by atoms with van der Waals surface area (Å²) in [7, 11) is 1.79. The zero-order valence-corrected chi connectivity index (χ0v) is 11.7. The first-order valence-electron chi connectivity index (χ1n) is 6.68. The first-order valence-corrected chi connectivity index (χ1v) is 6.68. The highest BCUT2D eigenvalue weighted by Gasteiger charge is 2.36. The number of hydrogen-bond acceptors (Lipinski definition) is 3. The fraction of sp³-hybridized carbons (Fsp3) is 0.692. The third-order valence-electron chi connectivity index (χ3n) is 3.68. The van der Waals surface area contributed by atoms with Gasteiger partial charge in [0.1, 0.15) is 5.60 Å². The molecule has 3 N–H and O–H groups in total. The molecule has 0 aromatic carbocycles. The molecule has 3 atom stereocenters. The van der Waals surface area contributed by atoms with Gasteiger partial charge in [0.15, 0.2) is 0 Å². The van der Waals surface area contributed by atoms with Crippen LogP contribution in [-0.2, 0) is 12.6 Å². The lowest BCUT2D eigenvalue weighted by Gasteiger charge is -2.22. The Bertz CT molecular complexity index is 455. The van der Waals surface area contributed by atoms with Crippen molar-refractivity contribution in [2.75, 3.05) is 6.54 Å². The van der Waals surface area contributed by atoms with Gasteiger partial charge in [-0.25, -0.2) is 4.79 Å². The van der Waals surface area contributed by atoms with Crippen LogP contribution in [0.15, 0.2) is 12.4 Å². The molecule has 2 rings (SSSR count). The van der Waals surface area contributed by atoms with E-state index in [4.69, 9.17) is 0 Å². The molecule has 2 amide bonds. The van der Waals surface area contributed by atoms with Crippen molar-refractivity contribution in [2.45, 2.75) is 38.3 Å². The quantitative estimate of drug-likeness (QED) is 0.735. The predicted octanol–water partition coefficient (Wildman–Crippen LogP) is 0.725. The number of urea groups is 1. The highest BCUT2D eigenvalue weighted by atomic mass is 16.3. The maximum Gasteiger partial charge on any atom is 0.315 e. The number of amides is 2. The van der Waals surface area contributed by atoms with Crippen LogP contribution in [0.4, 0.5) is 4.79 Å². The van der Waals surface area contributed by atoms with Crippen LogP contribution in [0.5, 0.6) is 0 Å². The number of aromatic nitrogens is 2. The Hall–Kier alpha value is -1.56. The van der Waals surface area contributed by atoms with Crippen molar-refractivity contribution in [3.63, 3.8) is 0 Å². The summed E-state index contributed by atoms with van der Waals surface area (Å²) in [5.41, 5.74) is -0.424. The van der Waals surface area contributed by atoms with Gasteiger partial charge in [0, 0.05) is 24.8 Å². The van der Waals surface area contributed by atoms with Crippen LogP contribution in [0.1, 0.15) is 32.3 Å². The second-order valence-corrected chi connectivity index (χ2v) is 5.51. The molecule has 6 nitrogen and oxygen atoms in total. The predicted molar refractivity (Wildman–Crippen MR) is 71.5 cm³/mol. The van der Waals surface area contributed by atoms with E-state index in [9.17, 15) is 9.90 Å². The zero-order chi connectivity index (χ0) is 14.0. The summed E-state index contributed by atoms with van der Waals surface area (Å²) in [5, 5.41) is 19.9. The van der Waals surface area contributed by atoms with Crippen molar-refractivity contribution in [1.29, 1.82) is 0 Å². The highest BCUT2D eigenvalue weighted by Crippen LogP contribution is 2.32. The lowest BCUT2D eigenvalue weighted by molar-refractivity contribution is 0.0593. The number of nitrogens with one attached hydrogen (secondary N) is 2. The van der Waals surface area contributed by atoms with E-state index in [1.165, 1.54) is 0 Å². The summed E-state index contributed by atoms with van der Waals surface area (Å²) < 4.78 is 1.62. The van der Waals surface area contributed by atoms with E-state index in [0.29, 0.717) is 17.5 Å². The standard InChI is InChI=1S/C13H22N4O2/c1-4-9-5-11(9)16-12(18)14-8-13(2,19)10-6-15-17(3)7-10/h6-7,9,11,19H,4-5,8H2,1-3H3,(H2,14,16,18)/t9-,11+,13-/m1/s1. The SMILES string of the molecule is CC[C@@H]1C[C@@H]1NC(=O)NC[C@@](C)(O)c1cnn(C)c1. The van der Waals surface area contributed by atoms with Gasteiger partial charge in [0.25, 0.3) is 0 Å². The number of aliphatic hydroxyl groups is 1. The van der Waals surface area contributed by atoms with Gasteiger partial charge in [0.2, 0.25) is 0 Å². The van der Waals surface area contributed by atoms with E-state index in [0.717, 1.165) is 12.8 Å². The molecule has 1 saturated carbocycles. The second-order valence-electron chi connectivity index (χ2n) is 5.51. The number of hydrogen-bond donors (Lipinski definition) is 3. The summed E-state index contributed by atoms with van der Waals surface area (Å²) in [6.45, 7) is 3.95. The van der Waals surface area contributed by atoms with Crippen LogP contribution in [0.3, 0.4) is 0 Å². The second kappa shape index (κ2) is 5.21. The molecule has 1 fully saturated rings. The van der Waals surface area contributed by atoms with Gasteiger partial charge in [-0.05, 0) is 19.3 Å². The first-order chi connectivity index (χ1) is 8.92. The summed E-state index contributed by atoms with van der Waals surface area (Å²) in [4.78, 5) is 11.7. The minimum atomic E-state index is -1.11. The topological polar surface area (TPSA) is 79.2 Å². The number of carbonyl (C=O) groups excluding carboxylic acids is 1. The van der Waals surface area contributed by atoms with E-state index >= 15 is 0 Å². The summed E-state index contributed by atoms with van der Waals surface area (Å²) in [6.07, 6.45) is 5.50. The maximum atomic E-state index is 11.7. The average molecular weight is 266 g/mol. The number of rotatable bonds is 5. The smallest absolute Gasteiger partial charge is 0.315 e. The summed E-state index contributed by atoms with van der Waals surface area (Å²) in [6, 6.07) is 0.0819. The Kier molecular flexibility index (Phi) is 3.80. The monoisotopic (exact) mass is 266 g/mol. The molecule has 0 radical (unpaired) electrons. The van der Waals surface area contributed by atoms with Crippen LogP contribution in [-0.4, -0.2) is 33.5 Å². The molecule has 1 aliphatic carbocycles. The third kappa shape index (κ3) is 3.47. The summed E-state index contributed by atoms with van der Waals surface area (Å²) in [5.74, 6) is 0.615. The molecule has 0 aliphatic heterocycles. The van der Waals surface area contributed by atoms with Crippen LogP contribution in [0, 0.1) is 5.92 Å². The molecule has 106 valence electrons. The van der Waals surface area contributed by atoms with Gasteiger partial charge in [-0.3, -0.25) is 4.68 Å². The fourth-order valence-corrected chi connectivity index (χ4v) is 2.15. The largest absolute Gasteiger partial charge is 0.383 e. The molecular formula is C13H22N4O2. The molecular weight excluding hydrogens is 244 g/mol. The molecule has 1 heterocycles. The summed E-state index contributed by atoms with van der Waals surface area (Å²) >= 11 is 0. The molecule has 0 spiro atoms. The van der Waals surface area contributed by atoms with Crippen LogP contribution in [0.2, 0.25) is 0 Å². The van der Waals surface area contributed by atoms with E-state index in [1.54, 1.807) is 31.0 Å². The molecule has 1 aromatic heterocycles. The van der Waals surface area contributed by atoms with E-state index in [1.807, 2.05) is 0 Å². The Morgan fingerprint density at radius 1 is 1.68 bits per heavy atom. The van der Waals surface area contributed by atoms with Gasteiger partial charge < -0.3 is 15.7 Å². The number of aryl methyl sites for hydroxylation is 1. The molecule has 1 aliphatic rings. The average Bonchev–Trinajstić information content (AvgIpc) is 2.95. The highest BCUT2D eigenvalue weighted by molar-refractivity contribution is 5.74. The van der Waals surface area contributed by atoms with Crippen LogP contribution < -0.4 is 10.6 Å². The lowest BCUT2D eigenvalue weighted by atomic mass is 10.00. The van der Waals surface area contributed by atoms with Gasteiger partial charge in [-0.2, -0.15) is 5.10 Å². The Morgan fingerprint density at radius 2 is 2.42 bits per heavy atom. The van der Waals surface area contributed by atoms with E-state index < -0.39 is 5.60 Å². The minimum Gasteiger partial charge on any atom is -0.383 e. The lowest BCUT2D eigenvalue weighted by Crippen LogP contribution is -2.44. The molecule has 6 heteroatoms. The van der Waals surface area contributed by atoms with E-state index in [-0.39, 0.29) is 12.6 Å². The van der Waals surface area contributed by atoms with Crippen LogP contribution >= 0.6 is 0 Å².